The number of aliphatic hydroxyl groups excluding tert-OH is 2. The van der Waals surface area contributed by atoms with Crippen molar-refractivity contribution < 1.29 is 10.2 Å². The Morgan fingerprint density at radius 2 is 2.16 bits per heavy atom. The number of aromatic nitrogens is 2. The predicted molar refractivity (Wildman–Crippen MR) is 69.5 cm³/mol. The van der Waals surface area contributed by atoms with Crippen LogP contribution in [0.25, 0.3) is 21.5 Å². The lowest BCUT2D eigenvalue weighted by Crippen LogP contribution is -2.21. The zero-order chi connectivity index (χ0) is 13.8. The van der Waals surface area contributed by atoms with Gasteiger partial charge in [0.25, 0.3) is 0 Å². The summed E-state index contributed by atoms with van der Waals surface area (Å²) in [6.07, 6.45) is -0.924. The van der Waals surface area contributed by atoms with Gasteiger partial charge >= 0.3 is 0 Å². The van der Waals surface area contributed by atoms with Crippen LogP contribution in [0.2, 0.25) is 5.15 Å². The lowest BCUT2D eigenvalue weighted by molar-refractivity contribution is 0.0245. The molecule has 0 saturated carbocycles. The minimum Gasteiger partial charge on any atom is -0.390 e. The summed E-state index contributed by atoms with van der Waals surface area (Å²) >= 11 is 5.74. The molecule has 0 amide bonds. The van der Waals surface area contributed by atoms with Crippen LogP contribution in [0.5, 0.6) is 0 Å². The maximum Gasteiger partial charge on any atom is 0.148 e. The van der Waals surface area contributed by atoms with Crippen molar-refractivity contribution in [1.82, 2.24) is 9.97 Å². The van der Waals surface area contributed by atoms with Crippen LogP contribution < -0.4 is 0 Å². The van der Waals surface area contributed by atoms with E-state index in [9.17, 15) is 10.2 Å². The normalized spacial score (nSPS) is 13.8. The van der Waals surface area contributed by atoms with E-state index in [0.29, 0.717) is 16.6 Å². The fourth-order valence-corrected chi connectivity index (χ4v) is 1.77. The molecular weight excluding hydrogens is 270 g/mol. The van der Waals surface area contributed by atoms with E-state index in [0.717, 1.165) is 0 Å². The Kier molecular flexibility index (Phi) is 4.13. The van der Waals surface area contributed by atoms with Crippen molar-refractivity contribution in [2.75, 3.05) is 6.54 Å². The van der Waals surface area contributed by atoms with E-state index in [4.69, 9.17) is 17.1 Å². The molecule has 1 heterocycles. The number of rotatable bonds is 4. The average molecular weight is 280 g/mol. The third-order valence-electron chi connectivity index (χ3n) is 2.57. The van der Waals surface area contributed by atoms with Crippen molar-refractivity contribution in [1.29, 1.82) is 0 Å². The quantitative estimate of drug-likeness (QED) is 0.506. The van der Waals surface area contributed by atoms with Crippen LogP contribution in [0.15, 0.2) is 29.5 Å². The van der Waals surface area contributed by atoms with E-state index in [1.54, 1.807) is 18.2 Å². The minimum atomic E-state index is -1.18. The molecule has 7 nitrogen and oxygen atoms in total. The molecule has 2 aromatic rings. The fourth-order valence-electron chi connectivity index (χ4n) is 1.63. The molecule has 8 heteroatoms. The topological polar surface area (TPSA) is 115 Å². The molecule has 0 saturated heterocycles. The van der Waals surface area contributed by atoms with E-state index < -0.39 is 12.2 Å². The summed E-state index contributed by atoms with van der Waals surface area (Å²) in [6, 6.07) is 4.87. The van der Waals surface area contributed by atoms with Gasteiger partial charge in [-0.05, 0) is 23.2 Å². The third-order valence-corrected chi connectivity index (χ3v) is 2.76. The molecule has 0 bridgehead atoms. The Morgan fingerprint density at radius 3 is 2.89 bits per heavy atom. The van der Waals surface area contributed by atoms with Gasteiger partial charge in [0, 0.05) is 4.91 Å². The molecule has 19 heavy (non-hydrogen) atoms. The molecule has 0 aliphatic rings. The van der Waals surface area contributed by atoms with Crippen LogP contribution in [0.4, 0.5) is 0 Å². The Hall–Kier alpha value is -1.92. The van der Waals surface area contributed by atoms with Gasteiger partial charge in [-0.15, -0.1) is 0 Å². The van der Waals surface area contributed by atoms with Crippen molar-refractivity contribution in [2.24, 2.45) is 5.11 Å². The number of nitrogens with zero attached hydrogens (tertiary/aromatic N) is 5. The molecule has 98 valence electrons. The van der Waals surface area contributed by atoms with Gasteiger partial charge in [0.1, 0.15) is 11.3 Å². The Labute approximate surface area is 113 Å². The number of benzene rings is 1. The smallest absolute Gasteiger partial charge is 0.148 e. The second-order valence-corrected chi connectivity index (χ2v) is 4.25. The van der Waals surface area contributed by atoms with Gasteiger partial charge in [0.15, 0.2) is 0 Å². The summed E-state index contributed by atoms with van der Waals surface area (Å²) < 4.78 is 0. The lowest BCUT2D eigenvalue weighted by atomic mass is 10.0. The lowest BCUT2D eigenvalue weighted by Gasteiger charge is -2.16. The number of hydrogen-bond acceptors (Lipinski definition) is 5. The standard InChI is InChI=1S/C11H10ClN5O2/c12-10-5-14-7-2-1-6(3-8(7)16-10)11(19)9(18)4-15-17-13/h1-3,5,9,11,18-19H,4H2. The van der Waals surface area contributed by atoms with Crippen LogP contribution in [0.3, 0.4) is 0 Å². The SMILES string of the molecule is [N-]=[N+]=NCC(O)C(O)c1ccc2ncc(Cl)nc2c1. The van der Waals surface area contributed by atoms with Gasteiger partial charge < -0.3 is 10.2 Å². The monoisotopic (exact) mass is 279 g/mol. The van der Waals surface area contributed by atoms with E-state index in [2.05, 4.69) is 20.0 Å². The summed E-state index contributed by atoms with van der Waals surface area (Å²) in [5.41, 5.74) is 9.76. The highest BCUT2D eigenvalue weighted by molar-refractivity contribution is 6.29. The molecule has 0 aliphatic heterocycles. The second-order valence-electron chi connectivity index (χ2n) is 3.87. The molecule has 0 radical (unpaired) electrons. The predicted octanol–water partition coefficient (Wildman–Crippen LogP) is 1.99. The Balaban J connectivity index is 2.31. The molecule has 0 aliphatic carbocycles. The van der Waals surface area contributed by atoms with Crippen molar-refractivity contribution in [3.63, 3.8) is 0 Å². The zero-order valence-corrected chi connectivity index (χ0v) is 10.4. The van der Waals surface area contributed by atoms with Gasteiger partial charge in [0.05, 0.1) is 29.9 Å². The molecule has 2 unspecified atom stereocenters. The van der Waals surface area contributed by atoms with E-state index in [1.165, 1.54) is 6.20 Å². The van der Waals surface area contributed by atoms with Crippen LogP contribution in [-0.4, -0.2) is 32.8 Å². The third kappa shape index (κ3) is 3.10. The van der Waals surface area contributed by atoms with Crippen LogP contribution in [0.1, 0.15) is 11.7 Å². The first-order valence-corrected chi connectivity index (χ1v) is 5.79. The second kappa shape index (κ2) is 5.81. The minimum absolute atomic E-state index is 0.211. The summed E-state index contributed by atoms with van der Waals surface area (Å²) in [5.74, 6) is 0. The molecule has 0 spiro atoms. The first-order chi connectivity index (χ1) is 9.11. The maximum absolute atomic E-state index is 9.93. The van der Waals surface area contributed by atoms with E-state index in [1.807, 2.05) is 0 Å². The maximum atomic E-state index is 9.93. The number of aliphatic hydroxyl groups is 2. The highest BCUT2D eigenvalue weighted by Crippen LogP contribution is 2.21. The van der Waals surface area contributed by atoms with E-state index in [-0.39, 0.29) is 11.7 Å². The molecule has 1 aromatic heterocycles. The number of fused-ring (bicyclic) bond motifs is 1. The molecule has 0 fully saturated rings. The molecule has 2 atom stereocenters. The number of azide groups is 1. The average Bonchev–Trinajstić information content (AvgIpc) is 2.43. The molecule has 2 N–H and O–H groups in total. The Morgan fingerprint density at radius 1 is 1.37 bits per heavy atom. The molecule has 2 rings (SSSR count). The highest BCUT2D eigenvalue weighted by atomic mass is 35.5. The summed E-state index contributed by atoms with van der Waals surface area (Å²) in [7, 11) is 0. The number of hydrogen-bond donors (Lipinski definition) is 2. The molecule has 1 aromatic carbocycles. The van der Waals surface area contributed by atoms with Crippen molar-refractivity contribution in [3.05, 3.63) is 45.6 Å². The van der Waals surface area contributed by atoms with Gasteiger partial charge in [-0.25, -0.2) is 4.98 Å². The van der Waals surface area contributed by atoms with Gasteiger partial charge in [-0.3, -0.25) is 4.98 Å². The van der Waals surface area contributed by atoms with Crippen molar-refractivity contribution >= 4 is 22.6 Å². The van der Waals surface area contributed by atoms with Gasteiger partial charge in [0.2, 0.25) is 0 Å². The zero-order valence-electron chi connectivity index (χ0n) is 9.68. The largest absolute Gasteiger partial charge is 0.390 e. The van der Waals surface area contributed by atoms with E-state index >= 15 is 0 Å². The van der Waals surface area contributed by atoms with Crippen molar-refractivity contribution in [2.45, 2.75) is 12.2 Å². The van der Waals surface area contributed by atoms with Crippen LogP contribution in [-0.2, 0) is 0 Å². The number of halogens is 1. The first-order valence-electron chi connectivity index (χ1n) is 5.41. The highest BCUT2D eigenvalue weighted by Gasteiger charge is 2.18. The molecular formula is C11H10ClN5O2. The van der Waals surface area contributed by atoms with Crippen LogP contribution in [0, 0.1) is 0 Å². The van der Waals surface area contributed by atoms with Crippen LogP contribution >= 0.6 is 11.6 Å². The van der Waals surface area contributed by atoms with Gasteiger partial charge in [-0.2, -0.15) is 0 Å². The fraction of sp³-hybridized carbons (Fsp3) is 0.273. The summed E-state index contributed by atoms with van der Waals surface area (Å²) in [5, 5.41) is 23.0. The van der Waals surface area contributed by atoms with Crippen molar-refractivity contribution in [3.8, 4) is 0 Å². The first kappa shape index (κ1) is 13.5. The summed E-state index contributed by atoms with van der Waals surface area (Å²) in [6.45, 7) is -0.211. The summed E-state index contributed by atoms with van der Waals surface area (Å²) in [4.78, 5) is 10.7. The Bertz CT molecular complexity index is 644. The van der Waals surface area contributed by atoms with Gasteiger partial charge in [-0.1, -0.05) is 22.8 Å².